The molecule has 0 aromatic rings. The van der Waals surface area contributed by atoms with Gasteiger partial charge in [0.1, 0.15) is 0 Å². The lowest BCUT2D eigenvalue weighted by molar-refractivity contribution is 0.125. The minimum absolute atomic E-state index is 0.0243. The van der Waals surface area contributed by atoms with Crippen LogP contribution in [0.5, 0.6) is 0 Å². The van der Waals surface area contributed by atoms with Crippen LogP contribution in [-0.4, -0.2) is 56.9 Å². The molecule has 118 valence electrons. The molecule has 20 heavy (non-hydrogen) atoms. The van der Waals surface area contributed by atoms with E-state index in [0.29, 0.717) is 19.1 Å². The molecule has 2 aliphatic rings. The molecule has 2 aliphatic heterocycles. The van der Waals surface area contributed by atoms with E-state index in [1.807, 2.05) is 13.8 Å². The number of nitrogens with one attached hydrogen (secondary N) is 1. The number of ether oxygens (including phenoxy) is 1. The molecular formula is C14H28N2O3S. The van der Waals surface area contributed by atoms with Crippen molar-refractivity contribution >= 4 is 10.0 Å². The second-order valence-electron chi connectivity index (χ2n) is 6.27. The van der Waals surface area contributed by atoms with Crippen molar-refractivity contribution in [1.82, 2.24) is 9.62 Å². The molecule has 0 saturated carbocycles. The van der Waals surface area contributed by atoms with E-state index in [2.05, 4.69) is 5.32 Å². The fourth-order valence-corrected chi connectivity index (χ4v) is 5.08. The number of sulfonamides is 1. The quantitative estimate of drug-likeness (QED) is 0.801. The van der Waals surface area contributed by atoms with Gasteiger partial charge in [-0.1, -0.05) is 0 Å². The molecule has 0 bridgehead atoms. The van der Waals surface area contributed by atoms with Crippen molar-refractivity contribution in [3.63, 3.8) is 0 Å². The first-order valence-corrected chi connectivity index (χ1v) is 9.42. The molecule has 1 unspecified atom stereocenters. The zero-order valence-electron chi connectivity index (χ0n) is 12.7. The maximum atomic E-state index is 12.6. The van der Waals surface area contributed by atoms with Crippen LogP contribution in [0.4, 0.5) is 0 Å². The average molecular weight is 304 g/mol. The second kappa shape index (κ2) is 7.20. The van der Waals surface area contributed by atoms with E-state index in [1.165, 1.54) is 0 Å². The van der Waals surface area contributed by atoms with Gasteiger partial charge in [0.05, 0.1) is 11.9 Å². The van der Waals surface area contributed by atoms with Gasteiger partial charge in [-0.25, -0.2) is 8.42 Å². The van der Waals surface area contributed by atoms with E-state index in [4.69, 9.17) is 4.74 Å². The molecule has 2 rings (SSSR count). The number of piperidine rings is 1. The van der Waals surface area contributed by atoms with E-state index in [9.17, 15) is 8.42 Å². The van der Waals surface area contributed by atoms with E-state index in [1.54, 1.807) is 4.31 Å². The Hall–Kier alpha value is -0.170. The summed E-state index contributed by atoms with van der Waals surface area (Å²) in [6.45, 7) is 7.30. The third-order valence-corrected chi connectivity index (χ3v) is 6.33. The maximum Gasteiger partial charge on any atom is 0.216 e. The van der Waals surface area contributed by atoms with Crippen LogP contribution in [0, 0.1) is 5.92 Å². The first-order chi connectivity index (χ1) is 9.49. The van der Waals surface area contributed by atoms with Crippen LogP contribution in [0.15, 0.2) is 0 Å². The Morgan fingerprint density at radius 2 is 1.95 bits per heavy atom. The Balaban J connectivity index is 1.98. The molecular weight excluding hydrogens is 276 g/mol. The summed E-state index contributed by atoms with van der Waals surface area (Å²) >= 11 is 0. The first kappa shape index (κ1) is 16.2. The van der Waals surface area contributed by atoms with Gasteiger partial charge in [0.2, 0.25) is 10.0 Å². The smallest absolute Gasteiger partial charge is 0.216 e. The highest BCUT2D eigenvalue weighted by atomic mass is 32.2. The van der Waals surface area contributed by atoms with Crippen molar-refractivity contribution in [1.29, 1.82) is 0 Å². The van der Waals surface area contributed by atoms with Crippen LogP contribution >= 0.6 is 0 Å². The third-order valence-electron chi connectivity index (χ3n) is 4.25. The summed E-state index contributed by atoms with van der Waals surface area (Å²) in [6, 6.07) is 0.0243. The average Bonchev–Trinajstić information content (AvgIpc) is 2.88. The van der Waals surface area contributed by atoms with E-state index in [-0.39, 0.29) is 17.9 Å². The highest BCUT2D eigenvalue weighted by Gasteiger charge is 2.32. The molecule has 0 spiro atoms. The first-order valence-electron chi connectivity index (χ1n) is 7.81. The van der Waals surface area contributed by atoms with Crippen LogP contribution in [0.25, 0.3) is 0 Å². The largest absolute Gasteiger partial charge is 0.377 e. The summed E-state index contributed by atoms with van der Waals surface area (Å²) in [7, 11) is -3.22. The number of rotatable bonds is 6. The monoisotopic (exact) mass is 304 g/mol. The Morgan fingerprint density at radius 1 is 1.25 bits per heavy atom. The lowest BCUT2D eigenvalue weighted by atomic mass is 9.98. The number of nitrogens with zero attached hydrogens (tertiary/aromatic N) is 1. The lowest BCUT2D eigenvalue weighted by Gasteiger charge is -2.32. The lowest BCUT2D eigenvalue weighted by Crippen LogP contribution is -2.45. The highest BCUT2D eigenvalue weighted by Crippen LogP contribution is 2.21. The van der Waals surface area contributed by atoms with Gasteiger partial charge in [-0.15, -0.1) is 0 Å². The van der Waals surface area contributed by atoms with E-state index in [0.717, 1.165) is 38.8 Å². The van der Waals surface area contributed by atoms with Gasteiger partial charge in [0.15, 0.2) is 0 Å². The molecule has 2 saturated heterocycles. The Kier molecular flexibility index (Phi) is 5.84. The van der Waals surface area contributed by atoms with Crippen molar-refractivity contribution in [2.24, 2.45) is 5.92 Å². The number of hydrogen-bond donors (Lipinski definition) is 1. The summed E-state index contributed by atoms with van der Waals surface area (Å²) in [5.41, 5.74) is 0. The van der Waals surface area contributed by atoms with E-state index >= 15 is 0 Å². The molecule has 0 aromatic heterocycles. The molecule has 0 aliphatic carbocycles. The van der Waals surface area contributed by atoms with Crippen molar-refractivity contribution in [3.8, 4) is 0 Å². The molecule has 6 heteroatoms. The van der Waals surface area contributed by atoms with Crippen molar-refractivity contribution in [3.05, 3.63) is 0 Å². The number of hydrogen-bond acceptors (Lipinski definition) is 4. The molecule has 5 nitrogen and oxygen atoms in total. The van der Waals surface area contributed by atoms with Crippen LogP contribution in [0.2, 0.25) is 0 Å². The minimum Gasteiger partial charge on any atom is -0.377 e. The summed E-state index contributed by atoms with van der Waals surface area (Å²) in [6.07, 6.45) is 3.89. The Bertz CT molecular complexity index is 385. The zero-order valence-corrected chi connectivity index (χ0v) is 13.5. The normalized spacial score (nSPS) is 25.7. The summed E-state index contributed by atoms with van der Waals surface area (Å²) in [4.78, 5) is 0. The Morgan fingerprint density at radius 3 is 2.50 bits per heavy atom. The fraction of sp³-hybridized carbons (Fsp3) is 1.00. The zero-order chi connectivity index (χ0) is 14.6. The van der Waals surface area contributed by atoms with Gasteiger partial charge in [-0.2, -0.15) is 4.31 Å². The van der Waals surface area contributed by atoms with Gasteiger partial charge in [0, 0.05) is 19.2 Å². The van der Waals surface area contributed by atoms with Gasteiger partial charge in [-0.3, -0.25) is 0 Å². The van der Waals surface area contributed by atoms with Gasteiger partial charge >= 0.3 is 0 Å². The molecule has 1 atom stereocenters. The standard InChI is InChI=1S/C14H28N2O3S/c1-12(2)16(10-13-5-7-15-8-6-13)20(17,18)11-14-4-3-9-19-14/h12-15H,3-11H2,1-2H3. The van der Waals surface area contributed by atoms with Crippen LogP contribution < -0.4 is 5.32 Å². The molecule has 0 amide bonds. The van der Waals surface area contributed by atoms with Crippen molar-refractivity contribution < 1.29 is 13.2 Å². The van der Waals surface area contributed by atoms with Gasteiger partial charge in [-0.05, 0) is 58.5 Å². The van der Waals surface area contributed by atoms with Crippen molar-refractivity contribution in [2.45, 2.75) is 51.7 Å². The summed E-state index contributed by atoms with van der Waals surface area (Å²) in [5.74, 6) is 0.633. The van der Waals surface area contributed by atoms with Gasteiger partial charge in [0.25, 0.3) is 0 Å². The maximum absolute atomic E-state index is 12.6. The van der Waals surface area contributed by atoms with E-state index < -0.39 is 10.0 Å². The molecule has 2 heterocycles. The summed E-state index contributed by atoms with van der Waals surface area (Å²) < 4.78 is 32.5. The summed E-state index contributed by atoms with van der Waals surface area (Å²) in [5, 5.41) is 3.33. The van der Waals surface area contributed by atoms with Crippen LogP contribution in [0.1, 0.15) is 39.5 Å². The molecule has 1 N–H and O–H groups in total. The van der Waals surface area contributed by atoms with Crippen molar-refractivity contribution in [2.75, 3.05) is 32.0 Å². The molecule has 0 aromatic carbocycles. The predicted molar refractivity (Wildman–Crippen MR) is 80.2 cm³/mol. The highest BCUT2D eigenvalue weighted by molar-refractivity contribution is 7.89. The predicted octanol–water partition coefficient (Wildman–Crippen LogP) is 1.21. The Labute approximate surface area is 123 Å². The second-order valence-corrected chi connectivity index (χ2v) is 8.24. The topological polar surface area (TPSA) is 58.6 Å². The van der Waals surface area contributed by atoms with Gasteiger partial charge < -0.3 is 10.1 Å². The van der Waals surface area contributed by atoms with Crippen LogP contribution in [0.3, 0.4) is 0 Å². The fourth-order valence-electron chi connectivity index (χ4n) is 3.07. The molecule has 0 radical (unpaired) electrons. The SMILES string of the molecule is CC(C)N(CC1CCNCC1)S(=O)(=O)CC1CCCO1. The minimum atomic E-state index is -3.22. The third kappa shape index (κ3) is 4.41. The van der Waals surface area contributed by atoms with Crippen LogP contribution in [-0.2, 0) is 14.8 Å². The molecule has 2 fully saturated rings.